The molecule has 1 saturated heterocycles. The number of amides is 1. The summed E-state index contributed by atoms with van der Waals surface area (Å²) in [6.07, 6.45) is -1.11. The van der Waals surface area contributed by atoms with E-state index in [0.29, 0.717) is 39.0 Å². The van der Waals surface area contributed by atoms with E-state index in [1.807, 2.05) is 17.0 Å². The van der Waals surface area contributed by atoms with Crippen LogP contribution in [-0.4, -0.2) is 35.4 Å². The third-order valence-electron chi connectivity index (χ3n) is 5.68. The Kier molecular flexibility index (Phi) is 5.00. The summed E-state index contributed by atoms with van der Waals surface area (Å²) in [4.78, 5) is 20.5. The molecule has 0 bridgehead atoms. The van der Waals surface area contributed by atoms with Gasteiger partial charge in [-0.3, -0.25) is 4.79 Å². The first-order chi connectivity index (χ1) is 13.4. The molecule has 148 valence electrons. The van der Waals surface area contributed by atoms with Crippen LogP contribution < -0.4 is 4.90 Å². The number of pyridine rings is 1. The van der Waals surface area contributed by atoms with Gasteiger partial charge in [0.05, 0.1) is 5.56 Å². The Bertz CT molecular complexity index is 860. The molecule has 0 spiro atoms. The zero-order chi connectivity index (χ0) is 19.7. The summed E-state index contributed by atoms with van der Waals surface area (Å²) in [6, 6.07) is 10.5. The molecule has 1 aromatic carbocycles. The summed E-state index contributed by atoms with van der Waals surface area (Å²) in [7, 11) is 0. The summed E-state index contributed by atoms with van der Waals surface area (Å²) in [6.45, 7) is 2.13. The lowest BCUT2D eigenvalue weighted by molar-refractivity contribution is -0.138. The van der Waals surface area contributed by atoms with Crippen LogP contribution in [0.5, 0.6) is 0 Å². The van der Waals surface area contributed by atoms with Crippen LogP contribution in [0.1, 0.15) is 29.5 Å². The SMILES string of the molecule is O=C(C1CCN(c2ncccc2C(F)(F)F)CC1)N1CCc2ccccc2C1. The van der Waals surface area contributed by atoms with Crippen molar-refractivity contribution in [3.05, 3.63) is 59.3 Å². The van der Waals surface area contributed by atoms with Crippen molar-refractivity contribution in [1.82, 2.24) is 9.88 Å². The number of piperidine rings is 1. The van der Waals surface area contributed by atoms with Crippen molar-refractivity contribution in [1.29, 1.82) is 0 Å². The van der Waals surface area contributed by atoms with E-state index in [0.717, 1.165) is 12.5 Å². The van der Waals surface area contributed by atoms with E-state index in [1.165, 1.54) is 23.4 Å². The predicted molar refractivity (Wildman–Crippen MR) is 99.7 cm³/mol. The van der Waals surface area contributed by atoms with Crippen LogP contribution in [0.25, 0.3) is 0 Å². The van der Waals surface area contributed by atoms with Crippen molar-refractivity contribution in [2.24, 2.45) is 5.92 Å². The first-order valence-corrected chi connectivity index (χ1v) is 9.56. The number of alkyl halides is 3. The fraction of sp³-hybridized carbons (Fsp3) is 0.429. The molecular formula is C21H22F3N3O. The maximum Gasteiger partial charge on any atom is 0.419 e. The van der Waals surface area contributed by atoms with Crippen LogP contribution in [0, 0.1) is 5.92 Å². The van der Waals surface area contributed by atoms with Gasteiger partial charge in [0, 0.05) is 38.3 Å². The maximum atomic E-state index is 13.2. The van der Waals surface area contributed by atoms with Crippen LogP contribution in [-0.2, 0) is 23.9 Å². The van der Waals surface area contributed by atoms with Gasteiger partial charge in [0.1, 0.15) is 5.82 Å². The third kappa shape index (κ3) is 3.70. The lowest BCUT2D eigenvalue weighted by Gasteiger charge is -2.37. The minimum atomic E-state index is -4.43. The van der Waals surface area contributed by atoms with Crippen LogP contribution >= 0.6 is 0 Å². The molecule has 0 N–H and O–H groups in total. The average molecular weight is 389 g/mol. The number of hydrogen-bond donors (Lipinski definition) is 0. The summed E-state index contributed by atoms with van der Waals surface area (Å²) in [5, 5.41) is 0. The van der Waals surface area contributed by atoms with Gasteiger partial charge in [0.15, 0.2) is 0 Å². The summed E-state index contributed by atoms with van der Waals surface area (Å²) in [5.74, 6) is -0.0569. The summed E-state index contributed by atoms with van der Waals surface area (Å²) in [5.41, 5.74) is 1.76. The molecule has 0 atom stereocenters. The Morgan fingerprint density at radius 3 is 2.43 bits per heavy atom. The second-order valence-corrected chi connectivity index (χ2v) is 7.41. The highest BCUT2D eigenvalue weighted by atomic mass is 19.4. The number of hydrogen-bond acceptors (Lipinski definition) is 3. The fourth-order valence-electron chi connectivity index (χ4n) is 4.15. The van der Waals surface area contributed by atoms with Gasteiger partial charge in [-0.2, -0.15) is 13.2 Å². The van der Waals surface area contributed by atoms with E-state index in [1.54, 1.807) is 4.90 Å². The number of nitrogens with zero attached hydrogens (tertiary/aromatic N) is 3. The van der Waals surface area contributed by atoms with Crippen LogP contribution in [0.2, 0.25) is 0 Å². The zero-order valence-electron chi connectivity index (χ0n) is 15.5. The number of carbonyl (C=O) groups is 1. The molecule has 1 aromatic heterocycles. The topological polar surface area (TPSA) is 36.4 Å². The van der Waals surface area contributed by atoms with E-state index < -0.39 is 11.7 Å². The Balaban J connectivity index is 1.41. The molecule has 0 radical (unpaired) electrons. The fourth-order valence-corrected chi connectivity index (χ4v) is 4.15. The van der Waals surface area contributed by atoms with Gasteiger partial charge >= 0.3 is 6.18 Å². The maximum absolute atomic E-state index is 13.2. The van der Waals surface area contributed by atoms with E-state index in [2.05, 4.69) is 17.1 Å². The smallest absolute Gasteiger partial charge is 0.356 e. The molecule has 28 heavy (non-hydrogen) atoms. The van der Waals surface area contributed by atoms with Gasteiger partial charge < -0.3 is 9.80 Å². The highest BCUT2D eigenvalue weighted by Gasteiger charge is 2.37. The molecule has 0 aliphatic carbocycles. The molecule has 7 heteroatoms. The van der Waals surface area contributed by atoms with E-state index in [-0.39, 0.29) is 17.6 Å². The average Bonchev–Trinajstić information content (AvgIpc) is 2.72. The quantitative estimate of drug-likeness (QED) is 0.782. The van der Waals surface area contributed by atoms with Crippen molar-refractivity contribution >= 4 is 11.7 Å². The van der Waals surface area contributed by atoms with Gasteiger partial charge in [-0.1, -0.05) is 24.3 Å². The minimum absolute atomic E-state index is 0.0344. The monoisotopic (exact) mass is 389 g/mol. The second-order valence-electron chi connectivity index (χ2n) is 7.41. The molecule has 0 saturated carbocycles. The predicted octanol–water partition coefficient (Wildman–Crippen LogP) is 3.90. The molecule has 2 aliphatic rings. The molecule has 4 rings (SSSR count). The van der Waals surface area contributed by atoms with E-state index >= 15 is 0 Å². The van der Waals surface area contributed by atoms with Crippen molar-refractivity contribution in [3.63, 3.8) is 0 Å². The summed E-state index contributed by atoms with van der Waals surface area (Å²) < 4.78 is 39.7. The van der Waals surface area contributed by atoms with Gasteiger partial charge in [0.25, 0.3) is 0 Å². The van der Waals surface area contributed by atoms with Gasteiger partial charge in [-0.05, 0) is 42.5 Å². The summed E-state index contributed by atoms with van der Waals surface area (Å²) >= 11 is 0. The molecule has 4 nitrogen and oxygen atoms in total. The first-order valence-electron chi connectivity index (χ1n) is 9.56. The van der Waals surface area contributed by atoms with Crippen molar-refractivity contribution < 1.29 is 18.0 Å². The van der Waals surface area contributed by atoms with Gasteiger partial charge in [-0.25, -0.2) is 4.98 Å². The van der Waals surface area contributed by atoms with Crippen LogP contribution in [0.3, 0.4) is 0 Å². The Morgan fingerprint density at radius 1 is 1.00 bits per heavy atom. The number of anilines is 1. The van der Waals surface area contributed by atoms with Crippen molar-refractivity contribution in [2.45, 2.75) is 32.0 Å². The first kappa shape index (κ1) is 18.8. The molecule has 2 aliphatic heterocycles. The number of halogens is 3. The van der Waals surface area contributed by atoms with Crippen LogP contribution in [0.15, 0.2) is 42.6 Å². The van der Waals surface area contributed by atoms with Gasteiger partial charge in [0.2, 0.25) is 5.91 Å². The Labute approximate surface area is 162 Å². The lowest BCUT2D eigenvalue weighted by Crippen LogP contribution is -2.44. The number of aromatic nitrogens is 1. The lowest BCUT2D eigenvalue weighted by atomic mass is 9.93. The largest absolute Gasteiger partial charge is 0.419 e. The molecule has 1 amide bonds. The second kappa shape index (κ2) is 7.45. The number of rotatable bonds is 2. The van der Waals surface area contributed by atoms with Crippen molar-refractivity contribution in [3.8, 4) is 0 Å². The zero-order valence-corrected chi connectivity index (χ0v) is 15.5. The van der Waals surface area contributed by atoms with E-state index in [9.17, 15) is 18.0 Å². The van der Waals surface area contributed by atoms with Crippen molar-refractivity contribution in [2.75, 3.05) is 24.5 Å². The van der Waals surface area contributed by atoms with Crippen LogP contribution in [0.4, 0.5) is 19.0 Å². The van der Waals surface area contributed by atoms with Gasteiger partial charge in [-0.15, -0.1) is 0 Å². The number of benzene rings is 1. The number of carbonyl (C=O) groups excluding carboxylic acids is 1. The third-order valence-corrected chi connectivity index (χ3v) is 5.68. The number of fused-ring (bicyclic) bond motifs is 1. The highest BCUT2D eigenvalue weighted by Crippen LogP contribution is 2.36. The molecule has 1 fully saturated rings. The molecule has 0 unspecified atom stereocenters. The Hall–Kier alpha value is -2.57. The molecule has 2 aromatic rings. The minimum Gasteiger partial charge on any atom is -0.356 e. The van der Waals surface area contributed by atoms with E-state index in [4.69, 9.17) is 0 Å². The molecule has 3 heterocycles. The molecular weight excluding hydrogens is 367 g/mol. The highest BCUT2D eigenvalue weighted by molar-refractivity contribution is 5.79. The Morgan fingerprint density at radius 2 is 1.71 bits per heavy atom. The standard InChI is InChI=1S/C21H22F3N3O/c22-21(23,24)18-6-3-10-25-19(18)26-11-8-16(9-12-26)20(28)27-13-7-15-4-1-2-5-17(15)14-27/h1-6,10,16H,7-9,11-14H2. The normalized spacial score (nSPS) is 18.1.